The van der Waals surface area contributed by atoms with E-state index in [0.717, 1.165) is 17.3 Å². The molecule has 0 aliphatic carbocycles. The van der Waals surface area contributed by atoms with E-state index in [1.54, 1.807) is 0 Å². The number of nitrogens with zero attached hydrogens (tertiary/aromatic N) is 2. The van der Waals surface area contributed by atoms with Crippen LogP contribution in [0.15, 0.2) is 72.6 Å². The zero-order valence-electron chi connectivity index (χ0n) is 16.0. The predicted octanol–water partition coefficient (Wildman–Crippen LogP) is 3.28. The number of aliphatic hydroxyl groups excluding tert-OH is 1. The first-order chi connectivity index (χ1) is 14.0. The van der Waals surface area contributed by atoms with Crippen molar-refractivity contribution in [2.45, 2.75) is 32.0 Å². The fourth-order valence-corrected chi connectivity index (χ4v) is 2.52. The van der Waals surface area contributed by atoms with E-state index in [0.29, 0.717) is 0 Å². The third-order valence-electron chi connectivity index (χ3n) is 4.10. The van der Waals surface area contributed by atoms with Crippen molar-refractivity contribution in [2.24, 2.45) is 0 Å². The predicted molar refractivity (Wildman–Crippen MR) is 107 cm³/mol. The van der Waals surface area contributed by atoms with Gasteiger partial charge in [-0.2, -0.15) is 0 Å². The number of benzene rings is 2. The summed E-state index contributed by atoms with van der Waals surface area (Å²) in [6.07, 6.45) is 0.315. The maximum absolute atomic E-state index is 12.7. The number of amides is 2. The van der Waals surface area contributed by atoms with E-state index in [2.05, 4.69) is 15.6 Å². The summed E-state index contributed by atoms with van der Waals surface area (Å²) in [6.45, 7) is 1.59. The van der Waals surface area contributed by atoms with Crippen molar-refractivity contribution in [3.63, 3.8) is 0 Å². The summed E-state index contributed by atoms with van der Waals surface area (Å²) >= 11 is 0. The largest absolute Gasteiger partial charge is 0.504 e. The second kappa shape index (κ2) is 11.1. The highest BCUT2D eigenvalue weighted by Crippen LogP contribution is 2.07. The molecule has 2 aromatic carbocycles. The number of aliphatic hydroxyl groups is 1. The summed E-state index contributed by atoms with van der Waals surface area (Å²) in [5, 5.41) is 23.3. The minimum Gasteiger partial charge on any atom is -0.504 e. The lowest BCUT2D eigenvalue weighted by atomic mass is 10.0. The van der Waals surface area contributed by atoms with E-state index in [1.807, 2.05) is 60.7 Å². The second-order valence-corrected chi connectivity index (χ2v) is 6.35. The Kier molecular flexibility index (Phi) is 8.20. The number of hydrogen-bond acceptors (Lipinski definition) is 5. The van der Waals surface area contributed by atoms with Gasteiger partial charge in [-0.1, -0.05) is 60.7 Å². The summed E-state index contributed by atoms with van der Waals surface area (Å²) in [4.78, 5) is 27.6. The van der Waals surface area contributed by atoms with E-state index in [1.165, 1.54) is 6.92 Å². The van der Waals surface area contributed by atoms with Gasteiger partial charge in [0, 0.05) is 6.42 Å². The van der Waals surface area contributed by atoms with Crippen LogP contribution in [0.1, 0.15) is 18.1 Å². The number of rotatable bonds is 8. The van der Waals surface area contributed by atoms with Gasteiger partial charge >= 0.3 is 12.3 Å². The summed E-state index contributed by atoms with van der Waals surface area (Å²) in [5.41, 5.74) is 1.66. The minimum atomic E-state index is -0.929. The van der Waals surface area contributed by atoms with Crippen LogP contribution >= 0.6 is 0 Å². The molecular weight excluding hydrogens is 372 g/mol. The van der Waals surface area contributed by atoms with Gasteiger partial charge in [0.05, 0.1) is 6.04 Å². The first kappa shape index (κ1) is 21.4. The van der Waals surface area contributed by atoms with E-state index >= 15 is 0 Å². The average molecular weight is 395 g/mol. The van der Waals surface area contributed by atoms with Crippen molar-refractivity contribution < 1.29 is 19.4 Å². The standard InChI is InChI=1S/C21H22N4O4/c1-15(19(26)13-23-22)24-20(27)18(12-16-8-4-2-5-9-16)25-21(28)29-14-17-10-6-3-7-11-17/h2-11,13,15,18H,12,14H2,1H3,(H2-,24,25,26,27,28)/p+1/b19-13-/t15-,18-/m0/s1. The highest BCUT2D eigenvalue weighted by Gasteiger charge is 2.25. The quantitative estimate of drug-likeness (QED) is 0.469. The molecule has 0 radical (unpaired) electrons. The van der Waals surface area contributed by atoms with Gasteiger partial charge in [0.25, 0.3) is 0 Å². The fourth-order valence-electron chi connectivity index (χ4n) is 2.52. The van der Waals surface area contributed by atoms with Crippen molar-refractivity contribution in [3.8, 4) is 0 Å². The van der Waals surface area contributed by atoms with Gasteiger partial charge in [0.15, 0.2) is 4.98 Å². The molecule has 0 bridgehead atoms. The smallest absolute Gasteiger partial charge is 0.408 e. The molecule has 8 nitrogen and oxygen atoms in total. The Labute approximate surface area is 168 Å². The molecule has 0 heterocycles. The topological polar surface area (TPSA) is 116 Å². The van der Waals surface area contributed by atoms with Crippen LogP contribution < -0.4 is 10.6 Å². The normalized spacial score (nSPS) is 12.9. The molecule has 2 amide bonds. The van der Waals surface area contributed by atoms with Gasteiger partial charge < -0.3 is 20.5 Å². The third-order valence-corrected chi connectivity index (χ3v) is 4.10. The van der Waals surface area contributed by atoms with Crippen LogP contribution in [-0.4, -0.2) is 29.2 Å². The molecule has 0 spiro atoms. The monoisotopic (exact) mass is 395 g/mol. The van der Waals surface area contributed by atoms with Crippen molar-refractivity contribution >= 4 is 12.0 Å². The van der Waals surface area contributed by atoms with E-state index < -0.39 is 24.1 Å². The molecular formula is C21H23N4O4+. The average Bonchev–Trinajstić information content (AvgIpc) is 2.73. The van der Waals surface area contributed by atoms with Crippen molar-refractivity contribution in [2.75, 3.05) is 0 Å². The molecule has 0 saturated heterocycles. The van der Waals surface area contributed by atoms with Gasteiger partial charge in [-0.3, -0.25) is 4.79 Å². The summed E-state index contributed by atoms with van der Waals surface area (Å²) in [6, 6.07) is 16.6. The first-order valence-electron chi connectivity index (χ1n) is 9.04. The van der Waals surface area contributed by atoms with E-state index in [4.69, 9.17) is 10.1 Å². The zero-order valence-corrected chi connectivity index (χ0v) is 16.0. The van der Waals surface area contributed by atoms with Gasteiger partial charge in [0.2, 0.25) is 17.1 Å². The highest BCUT2D eigenvalue weighted by atomic mass is 16.5. The number of nitrogens with one attached hydrogen (secondary N) is 2. The number of carbonyl (C=O) groups is 2. The Balaban J connectivity index is 2.03. The molecule has 29 heavy (non-hydrogen) atoms. The van der Waals surface area contributed by atoms with Crippen LogP contribution in [-0.2, 0) is 22.6 Å². The lowest BCUT2D eigenvalue weighted by molar-refractivity contribution is -0.123. The Morgan fingerprint density at radius 3 is 2.24 bits per heavy atom. The lowest BCUT2D eigenvalue weighted by Crippen LogP contribution is -2.50. The number of diazo groups is 1. The summed E-state index contributed by atoms with van der Waals surface area (Å²) < 4.78 is 5.20. The minimum absolute atomic E-state index is 0.0737. The van der Waals surface area contributed by atoms with Crippen LogP contribution in [0, 0.1) is 5.39 Å². The van der Waals surface area contributed by atoms with Crippen LogP contribution in [0.2, 0.25) is 0 Å². The van der Waals surface area contributed by atoms with Gasteiger partial charge in [-0.25, -0.2) is 4.79 Å². The van der Waals surface area contributed by atoms with Crippen LogP contribution in [0.4, 0.5) is 4.79 Å². The molecule has 8 heteroatoms. The Hall–Kier alpha value is -3.86. The molecule has 3 N–H and O–H groups in total. The Morgan fingerprint density at radius 1 is 1.07 bits per heavy atom. The van der Waals surface area contributed by atoms with Crippen molar-refractivity contribution in [3.05, 3.63) is 88.7 Å². The van der Waals surface area contributed by atoms with Gasteiger partial charge in [-0.05, 0) is 18.1 Å². The number of ether oxygens (including phenoxy) is 1. The molecule has 0 aliphatic heterocycles. The maximum atomic E-state index is 12.7. The first-order valence-corrected chi connectivity index (χ1v) is 9.04. The van der Waals surface area contributed by atoms with Gasteiger partial charge in [0.1, 0.15) is 12.6 Å². The highest BCUT2D eigenvalue weighted by molar-refractivity contribution is 5.86. The Morgan fingerprint density at radius 2 is 1.66 bits per heavy atom. The van der Waals surface area contributed by atoms with E-state index in [-0.39, 0.29) is 18.8 Å². The second-order valence-electron chi connectivity index (χ2n) is 6.35. The molecule has 0 fully saturated rings. The molecule has 0 saturated carbocycles. The fraction of sp³-hybridized carbons (Fsp3) is 0.238. The zero-order chi connectivity index (χ0) is 21.1. The maximum Gasteiger partial charge on any atom is 0.408 e. The SMILES string of the molecule is C[C@H](NC(=O)[C@H](Cc1ccccc1)NC(=O)OCc1ccccc1)/C(O)=C/[N+]#N. The number of hydrogen-bond donors (Lipinski definition) is 3. The van der Waals surface area contributed by atoms with Crippen LogP contribution in [0.25, 0.3) is 4.98 Å². The van der Waals surface area contributed by atoms with E-state index in [9.17, 15) is 14.7 Å². The number of alkyl carbamates (subject to hydrolysis) is 1. The summed E-state index contributed by atoms with van der Waals surface area (Å²) in [5.74, 6) is -0.845. The molecule has 2 aromatic rings. The Bertz CT molecular complexity index is 879. The molecule has 0 unspecified atom stereocenters. The molecule has 0 aromatic heterocycles. The van der Waals surface area contributed by atoms with Crippen LogP contribution in [0.5, 0.6) is 0 Å². The molecule has 0 aliphatic rings. The number of carbonyl (C=O) groups excluding carboxylic acids is 2. The van der Waals surface area contributed by atoms with Crippen molar-refractivity contribution in [1.82, 2.24) is 10.6 Å². The van der Waals surface area contributed by atoms with Crippen molar-refractivity contribution in [1.29, 1.82) is 5.39 Å². The van der Waals surface area contributed by atoms with Crippen LogP contribution in [0.3, 0.4) is 0 Å². The molecule has 150 valence electrons. The molecule has 2 rings (SSSR count). The third kappa shape index (κ3) is 7.34. The van der Waals surface area contributed by atoms with Gasteiger partial charge in [-0.15, -0.1) is 0 Å². The molecule has 2 atom stereocenters. The summed E-state index contributed by atoms with van der Waals surface area (Å²) in [7, 11) is 0. The lowest BCUT2D eigenvalue weighted by Gasteiger charge is -2.20.